The number of hydrogen-bond acceptors (Lipinski definition) is 9. The third-order valence-electron chi connectivity index (χ3n) is 5.64. The van der Waals surface area contributed by atoms with Crippen LogP contribution in [0.5, 0.6) is 0 Å². The molecule has 1 aliphatic heterocycles. The van der Waals surface area contributed by atoms with Gasteiger partial charge in [0.1, 0.15) is 0 Å². The van der Waals surface area contributed by atoms with Gasteiger partial charge in [-0.1, -0.05) is 35.9 Å². The number of benzene rings is 1. The largest absolute Gasteiger partial charge is 0.468 e. The Hall–Kier alpha value is -3.51. The molecule has 188 valence electrons. The average molecular weight is 528 g/mol. The quantitative estimate of drug-likeness (QED) is 0.212. The molecule has 0 aliphatic carbocycles. The van der Waals surface area contributed by atoms with Gasteiger partial charge in [0.05, 0.1) is 37.6 Å². The van der Waals surface area contributed by atoms with Crippen LogP contribution in [0.15, 0.2) is 34.2 Å². The molecule has 0 unspecified atom stereocenters. The minimum Gasteiger partial charge on any atom is -0.468 e. The maximum atomic E-state index is 13.9. The molecule has 0 bridgehead atoms. The zero-order chi connectivity index (χ0) is 24.8. The number of aromatic nitrogens is 4. The Balaban J connectivity index is 0.00000361. The molecule has 0 atom stereocenters. The minimum absolute atomic E-state index is 0. The predicted molar refractivity (Wildman–Crippen MR) is 141 cm³/mol. The van der Waals surface area contributed by atoms with E-state index in [1.54, 1.807) is 25.1 Å². The molecule has 1 fully saturated rings. The molecule has 0 spiro atoms. The van der Waals surface area contributed by atoms with Crippen molar-refractivity contribution in [3.63, 3.8) is 0 Å². The number of anilines is 1. The molecule has 1 N–H and O–H groups in total. The van der Waals surface area contributed by atoms with Gasteiger partial charge in [0.25, 0.3) is 5.56 Å². The van der Waals surface area contributed by atoms with Crippen molar-refractivity contribution in [2.45, 2.75) is 25.2 Å². The van der Waals surface area contributed by atoms with Gasteiger partial charge in [-0.15, -0.1) is 18.3 Å². The van der Waals surface area contributed by atoms with Crippen molar-refractivity contribution in [1.82, 2.24) is 24.4 Å². The molecule has 1 saturated heterocycles. The van der Waals surface area contributed by atoms with Crippen LogP contribution in [0.3, 0.4) is 0 Å². The second kappa shape index (κ2) is 12.5. The van der Waals surface area contributed by atoms with Gasteiger partial charge in [-0.25, -0.2) is 4.98 Å². The third-order valence-corrected chi connectivity index (χ3v) is 6.59. The Bertz CT molecular complexity index is 1410. The summed E-state index contributed by atoms with van der Waals surface area (Å²) in [5, 5.41) is 13.2. The summed E-state index contributed by atoms with van der Waals surface area (Å²) in [6, 6.07) is 9.27. The maximum absolute atomic E-state index is 13.9. The Kier molecular flexibility index (Phi) is 9.37. The molecule has 0 radical (unpaired) electrons. The number of ether oxygens (including phenoxy) is 1. The molecule has 36 heavy (non-hydrogen) atoms. The monoisotopic (exact) mass is 527 g/mol. The maximum Gasteiger partial charge on any atom is 0.316 e. The Labute approximate surface area is 219 Å². The van der Waals surface area contributed by atoms with Crippen molar-refractivity contribution in [2.24, 2.45) is 0 Å². The van der Waals surface area contributed by atoms with Crippen molar-refractivity contribution < 1.29 is 9.53 Å². The first-order chi connectivity index (χ1) is 17.1. The highest BCUT2D eigenvalue weighted by atomic mass is 35.5. The molecular formula is C24H26ClN7O3S. The molecular weight excluding hydrogens is 502 g/mol. The van der Waals surface area contributed by atoms with Gasteiger partial charge < -0.3 is 15.0 Å². The number of thioether (sulfide) groups is 1. The fraction of sp³-hybridized carbons (Fsp3) is 0.375. The highest BCUT2D eigenvalue weighted by Crippen LogP contribution is 2.24. The molecule has 0 saturated carbocycles. The fourth-order valence-corrected chi connectivity index (χ4v) is 4.69. The fourth-order valence-electron chi connectivity index (χ4n) is 3.87. The first-order valence-corrected chi connectivity index (χ1v) is 12.1. The second-order valence-electron chi connectivity index (χ2n) is 7.75. The van der Waals surface area contributed by atoms with E-state index < -0.39 is 5.97 Å². The SMILES string of the molecule is CC#CCn1c(N2CCNCC2)nc2nc(SCC(=O)OC)n(Cc3ccccc3C#N)c(=O)c21.Cl. The molecule has 3 aromatic rings. The lowest BCUT2D eigenvalue weighted by Crippen LogP contribution is -2.44. The zero-order valence-corrected chi connectivity index (χ0v) is 21.6. The van der Waals surface area contributed by atoms with Crippen LogP contribution in [0, 0.1) is 23.2 Å². The van der Waals surface area contributed by atoms with E-state index in [0.29, 0.717) is 39.9 Å². The van der Waals surface area contributed by atoms with E-state index in [4.69, 9.17) is 14.7 Å². The molecule has 4 rings (SSSR count). The first-order valence-electron chi connectivity index (χ1n) is 11.1. The first kappa shape index (κ1) is 27.1. The standard InChI is InChI=1S/C24H25N7O3S.ClH/c1-3-4-11-30-20-21(27-23(30)29-12-9-26-10-13-29)28-24(35-16-19(32)34-2)31(22(20)33)15-18-8-6-5-7-17(18)14-25;/h5-8,26H,9-13,15-16H2,1-2H3;1H. The van der Waals surface area contributed by atoms with E-state index in [0.717, 1.165) is 37.9 Å². The van der Waals surface area contributed by atoms with Gasteiger partial charge in [-0.05, 0) is 18.6 Å². The number of nitrogens with one attached hydrogen (secondary N) is 1. The highest BCUT2D eigenvalue weighted by molar-refractivity contribution is 7.99. The van der Waals surface area contributed by atoms with Crippen LogP contribution < -0.4 is 15.8 Å². The van der Waals surface area contributed by atoms with Crippen molar-refractivity contribution in [2.75, 3.05) is 43.9 Å². The molecule has 1 aliphatic rings. The Morgan fingerprint density at radius 2 is 1.97 bits per heavy atom. The van der Waals surface area contributed by atoms with Crippen molar-refractivity contribution in [1.29, 1.82) is 5.26 Å². The summed E-state index contributed by atoms with van der Waals surface area (Å²) in [5.74, 6) is 6.14. The number of piperazine rings is 1. The number of nitriles is 1. The number of imidazole rings is 1. The minimum atomic E-state index is -0.432. The van der Waals surface area contributed by atoms with Crippen LogP contribution in [-0.2, 0) is 22.6 Å². The van der Waals surface area contributed by atoms with Crippen LogP contribution in [0.25, 0.3) is 11.2 Å². The number of fused-ring (bicyclic) bond motifs is 1. The molecule has 0 amide bonds. The Morgan fingerprint density at radius 1 is 1.22 bits per heavy atom. The lowest BCUT2D eigenvalue weighted by molar-refractivity contribution is -0.137. The van der Waals surface area contributed by atoms with Crippen molar-refractivity contribution >= 4 is 47.3 Å². The summed E-state index contributed by atoms with van der Waals surface area (Å²) < 4.78 is 8.07. The van der Waals surface area contributed by atoms with Crippen molar-refractivity contribution in [3.8, 4) is 17.9 Å². The second-order valence-corrected chi connectivity index (χ2v) is 8.70. The number of carbonyl (C=O) groups is 1. The van der Waals surface area contributed by atoms with E-state index in [2.05, 4.69) is 28.1 Å². The topological polar surface area (TPSA) is 118 Å². The number of hydrogen-bond donors (Lipinski definition) is 1. The van der Waals surface area contributed by atoms with Crippen LogP contribution in [0.2, 0.25) is 0 Å². The summed E-state index contributed by atoms with van der Waals surface area (Å²) in [6.45, 7) is 5.29. The summed E-state index contributed by atoms with van der Waals surface area (Å²) in [7, 11) is 1.31. The molecule has 10 nitrogen and oxygen atoms in total. The zero-order valence-electron chi connectivity index (χ0n) is 20.0. The van der Waals surface area contributed by atoms with Gasteiger partial charge in [0.15, 0.2) is 16.3 Å². The Morgan fingerprint density at radius 3 is 2.67 bits per heavy atom. The summed E-state index contributed by atoms with van der Waals surface area (Å²) in [6.07, 6.45) is 0. The number of methoxy groups -OCH3 is 1. The number of esters is 1. The number of rotatable bonds is 7. The van der Waals surface area contributed by atoms with Gasteiger partial charge in [0.2, 0.25) is 5.95 Å². The summed E-state index contributed by atoms with van der Waals surface area (Å²) >= 11 is 1.10. The summed E-state index contributed by atoms with van der Waals surface area (Å²) in [5.41, 5.74) is 1.49. The molecule has 1 aromatic carbocycles. The van der Waals surface area contributed by atoms with Gasteiger partial charge in [0, 0.05) is 26.2 Å². The van der Waals surface area contributed by atoms with E-state index in [1.165, 1.54) is 11.7 Å². The number of nitrogens with zero attached hydrogens (tertiary/aromatic N) is 6. The van der Waals surface area contributed by atoms with E-state index in [1.807, 2.05) is 10.6 Å². The van der Waals surface area contributed by atoms with E-state index in [9.17, 15) is 14.9 Å². The average Bonchev–Trinajstić information content (AvgIpc) is 3.27. The van der Waals surface area contributed by atoms with Crippen LogP contribution in [-0.4, -0.2) is 64.1 Å². The third kappa shape index (κ3) is 5.65. The number of carbonyl (C=O) groups excluding carboxylic acids is 1. The smallest absolute Gasteiger partial charge is 0.316 e. The number of halogens is 1. The highest BCUT2D eigenvalue weighted by Gasteiger charge is 2.24. The van der Waals surface area contributed by atoms with Crippen LogP contribution >= 0.6 is 24.2 Å². The van der Waals surface area contributed by atoms with Gasteiger partial charge in [-0.3, -0.25) is 18.7 Å². The summed E-state index contributed by atoms with van der Waals surface area (Å²) in [4.78, 5) is 37.3. The lowest BCUT2D eigenvalue weighted by Gasteiger charge is -2.28. The molecule has 3 heterocycles. The molecule has 12 heteroatoms. The predicted octanol–water partition coefficient (Wildman–Crippen LogP) is 1.63. The van der Waals surface area contributed by atoms with Crippen LogP contribution in [0.4, 0.5) is 5.95 Å². The van der Waals surface area contributed by atoms with E-state index >= 15 is 0 Å². The van der Waals surface area contributed by atoms with E-state index in [-0.39, 0.29) is 30.3 Å². The lowest BCUT2D eigenvalue weighted by atomic mass is 10.1. The van der Waals surface area contributed by atoms with Crippen LogP contribution in [0.1, 0.15) is 18.1 Å². The van der Waals surface area contributed by atoms with Gasteiger partial charge >= 0.3 is 5.97 Å². The molecule has 2 aromatic heterocycles. The van der Waals surface area contributed by atoms with Gasteiger partial charge in [-0.2, -0.15) is 10.2 Å². The normalized spacial score (nSPS) is 12.9. The van der Waals surface area contributed by atoms with Crippen molar-refractivity contribution in [3.05, 3.63) is 45.7 Å².